The molecule has 0 radical (unpaired) electrons. The summed E-state index contributed by atoms with van der Waals surface area (Å²) in [4.78, 5) is 39.6. The van der Waals surface area contributed by atoms with Crippen LogP contribution in [0, 0.1) is 11.7 Å². The van der Waals surface area contributed by atoms with Crippen LogP contribution in [-0.2, 0) is 27.4 Å². The van der Waals surface area contributed by atoms with Gasteiger partial charge in [-0.1, -0.05) is 68.4 Å². The van der Waals surface area contributed by atoms with Crippen LogP contribution in [0.5, 0.6) is 0 Å². The third-order valence-corrected chi connectivity index (χ3v) is 5.96. The molecule has 3 aromatic carbocycles. The molecule has 4 rings (SSSR count). The average Bonchev–Trinajstić information content (AvgIpc) is 3.20. The van der Waals surface area contributed by atoms with Gasteiger partial charge in [-0.25, -0.2) is 9.18 Å². The lowest BCUT2D eigenvalue weighted by Crippen LogP contribution is -2.46. The van der Waals surface area contributed by atoms with Crippen LogP contribution in [-0.4, -0.2) is 28.8 Å². The number of anilines is 1. The minimum absolute atomic E-state index is 0.0849. The average molecular weight is 490 g/mol. The summed E-state index contributed by atoms with van der Waals surface area (Å²) in [5.41, 5.74) is 2.81. The van der Waals surface area contributed by atoms with Gasteiger partial charge < -0.3 is 15.4 Å². The standard InChI is InChI=1S/C28H28FN3O4/c1-18(2)26(33)31-23-14-10-21(11-15-23)25-24(27(34)30-16-19-6-4-3-5-7-19)32(28(35)36-25)17-20-8-12-22(29)13-9-20/h3-15,18,24-25H,16-17H2,1-2H3,(H,30,34)(H,31,33)/t24-,25-/m0/s1. The molecule has 2 N–H and O–H groups in total. The van der Waals surface area contributed by atoms with Crippen molar-refractivity contribution >= 4 is 23.6 Å². The second kappa shape index (κ2) is 11.0. The highest BCUT2D eigenvalue weighted by Gasteiger charge is 2.46. The van der Waals surface area contributed by atoms with Gasteiger partial charge in [-0.3, -0.25) is 14.5 Å². The summed E-state index contributed by atoms with van der Waals surface area (Å²) in [6.07, 6.45) is -1.50. The van der Waals surface area contributed by atoms with Crippen molar-refractivity contribution in [3.63, 3.8) is 0 Å². The Bertz CT molecular complexity index is 1210. The largest absolute Gasteiger partial charge is 0.438 e. The highest BCUT2D eigenvalue weighted by Crippen LogP contribution is 2.34. The zero-order valence-electron chi connectivity index (χ0n) is 20.1. The lowest BCUT2D eigenvalue weighted by atomic mass is 10.00. The van der Waals surface area contributed by atoms with E-state index in [1.54, 1.807) is 50.2 Å². The van der Waals surface area contributed by atoms with Crippen LogP contribution in [0.25, 0.3) is 0 Å². The minimum atomic E-state index is -0.942. The summed E-state index contributed by atoms with van der Waals surface area (Å²) in [6, 6.07) is 21.1. The number of cyclic esters (lactones) is 1. The molecule has 1 fully saturated rings. The topological polar surface area (TPSA) is 87.7 Å². The minimum Gasteiger partial charge on any atom is -0.438 e. The van der Waals surface area contributed by atoms with Gasteiger partial charge in [-0.15, -0.1) is 0 Å². The molecule has 0 aromatic heterocycles. The number of hydrogen-bond acceptors (Lipinski definition) is 4. The summed E-state index contributed by atoms with van der Waals surface area (Å²) in [5.74, 6) is -1.03. The summed E-state index contributed by atoms with van der Waals surface area (Å²) in [7, 11) is 0. The smallest absolute Gasteiger partial charge is 0.411 e. The second-order valence-corrected chi connectivity index (χ2v) is 8.97. The van der Waals surface area contributed by atoms with Crippen LogP contribution in [0.15, 0.2) is 78.9 Å². The fourth-order valence-electron chi connectivity index (χ4n) is 3.93. The van der Waals surface area contributed by atoms with E-state index in [-0.39, 0.29) is 30.1 Å². The molecular weight excluding hydrogens is 461 g/mol. The molecule has 0 saturated carbocycles. The summed E-state index contributed by atoms with van der Waals surface area (Å²) < 4.78 is 19.1. The van der Waals surface area contributed by atoms with Crippen LogP contribution in [0.1, 0.15) is 36.6 Å². The Balaban J connectivity index is 1.57. The maximum absolute atomic E-state index is 13.4. The SMILES string of the molecule is CC(C)C(=O)Nc1ccc([C@@H]2OC(=O)N(Cc3ccc(F)cc3)[C@@H]2C(=O)NCc2ccccc2)cc1. The molecule has 8 heteroatoms. The van der Waals surface area contributed by atoms with Crippen LogP contribution in [0.2, 0.25) is 0 Å². The van der Waals surface area contributed by atoms with Crippen LogP contribution < -0.4 is 10.6 Å². The first-order valence-corrected chi connectivity index (χ1v) is 11.8. The third-order valence-electron chi connectivity index (χ3n) is 5.96. The van der Waals surface area contributed by atoms with Crippen molar-refractivity contribution in [1.29, 1.82) is 0 Å². The van der Waals surface area contributed by atoms with Gasteiger partial charge in [0, 0.05) is 18.2 Å². The number of benzene rings is 3. The van der Waals surface area contributed by atoms with Crippen molar-refractivity contribution in [2.45, 2.75) is 39.1 Å². The van der Waals surface area contributed by atoms with Crippen molar-refractivity contribution in [2.75, 3.05) is 5.32 Å². The Morgan fingerprint density at radius 1 is 0.944 bits per heavy atom. The molecule has 0 spiro atoms. The molecule has 2 atom stereocenters. The van der Waals surface area contributed by atoms with Gasteiger partial charge in [-0.05, 0) is 41.0 Å². The van der Waals surface area contributed by atoms with Crippen molar-refractivity contribution in [2.24, 2.45) is 5.92 Å². The van der Waals surface area contributed by atoms with Crippen molar-refractivity contribution in [3.05, 3.63) is 101 Å². The Morgan fingerprint density at radius 2 is 1.61 bits per heavy atom. The molecule has 36 heavy (non-hydrogen) atoms. The molecule has 1 saturated heterocycles. The van der Waals surface area contributed by atoms with Crippen LogP contribution >= 0.6 is 0 Å². The number of nitrogens with one attached hydrogen (secondary N) is 2. The lowest BCUT2D eigenvalue weighted by Gasteiger charge is -2.24. The zero-order chi connectivity index (χ0) is 25.7. The monoisotopic (exact) mass is 489 g/mol. The predicted octanol–water partition coefficient (Wildman–Crippen LogP) is 4.80. The molecule has 1 aliphatic rings. The van der Waals surface area contributed by atoms with E-state index in [2.05, 4.69) is 10.6 Å². The first kappa shape index (κ1) is 24.9. The zero-order valence-corrected chi connectivity index (χ0v) is 20.1. The number of nitrogens with zero attached hydrogens (tertiary/aromatic N) is 1. The van der Waals surface area contributed by atoms with Crippen molar-refractivity contribution in [1.82, 2.24) is 10.2 Å². The number of ether oxygens (including phenoxy) is 1. The predicted molar refractivity (Wildman–Crippen MR) is 133 cm³/mol. The van der Waals surface area contributed by atoms with Gasteiger partial charge in [-0.2, -0.15) is 0 Å². The number of amides is 3. The molecule has 7 nitrogen and oxygen atoms in total. The van der Waals surface area contributed by atoms with Gasteiger partial charge in [0.05, 0.1) is 6.54 Å². The quantitative estimate of drug-likeness (QED) is 0.476. The Hall–Kier alpha value is -4.20. The van der Waals surface area contributed by atoms with Gasteiger partial charge >= 0.3 is 6.09 Å². The first-order chi connectivity index (χ1) is 17.3. The van der Waals surface area contributed by atoms with E-state index < -0.39 is 18.2 Å². The maximum atomic E-state index is 13.4. The van der Waals surface area contributed by atoms with Gasteiger partial charge in [0.15, 0.2) is 12.1 Å². The van der Waals surface area contributed by atoms with E-state index >= 15 is 0 Å². The normalized spacial score (nSPS) is 17.1. The Labute approximate surface area is 209 Å². The molecule has 0 unspecified atom stereocenters. The number of carbonyl (C=O) groups excluding carboxylic acids is 3. The fourth-order valence-corrected chi connectivity index (χ4v) is 3.93. The number of rotatable bonds is 8. The molecule has 0 aliphatic carbocycles. The fraction of sp³-hybridized carbons (Fsp3) is 0.250. The van der Waals surface area contributed by atoms with Crippen LogP contribution in [0.3, 0.4) is 0 Å². The molecule has 1 heterocycles. The molecule has 186 valence electrons. The lowest BCUT2D eigenvalue weighted by molar-refractivity contribution is -0.126. The molecule has 0 bridgehead atoms. The summed E-state index contributed by atoms with van der Waals surface area (Å²) in [6.45, 7) is 3.98. The molecular formula is C28H28FN3O4. The van der Waals surface area contributed by atoms with E-state index in [9.17, 15) is 18.8 Å². The van der Waals surface area contributed by atoms with Crippen molar-refractivity contribution < 1.29 is 23.5 Å². The molecule has 3 aromatic rings. The number of hydrogen-bond donors (Lipinski definition) is 2. The van der Waals surface area contributed by atoms with Crippen LogP contribution in [0.4, 0.5) is 14.9 Å². The third kappa shape index (κ3) is 5.89. The van der Waals surface area contributed by atoms with Crippen molar-refractivity contribution in [3.8, 4) is 0 Å². The summed E-state index contributed by atoms with van der Waals surface area (Å²) >= 11 is 0. The van der Waals surface area contributed by atoms with E-state index in [1.165, 1.54) is 17.0 Å². The molecule has 1 aliphatic heterocycles. The second-order valence-electron chi connectivity index (χ2n) is 8.97. The first-order valence-electron chi connectivity index (χ1n) is 11.8. The van der Waals surface area contributed by atoms with E-state index in [0.29, 0.717) is 23.4 Å². The van der Waals surface area contributed by atoms with E-state index in [0.717, 1.165) is 5.56 Å². The van der Waals surface area contributed by atoms with Gasteiger partial charge in [0.2, 0.25) is 11.8 Å². The van der Waals surface area contributed by atoms with Gasteiger partial charge in [0.25, 0.3) is 0 Å². The van der Waals surface area contributed by atoms with E-state index in [1.807, 2.05) is 30.3 Å². The number of halogens is 1. The summed E-state index contributed by atoms with van der Waals surface area (Å²) in [5, 5.41) is 5.73. The highest BCUT2D eigenvalue weighted by molar-refractivity contribution is 5.92. The van der Waals surface area contributed by atoms with E-state index in [4.69, 9.17) is 4.74 Å². The maximum Gasteiger partial charge on any atom is 0.411 e. The molecule has 3 amide bonds. The Kier molecular flexibility index (Phi) is 7.63. The number of carbonyl (C=O) groups is 3. The highest BCUT2D eigenvalue weighted by atomic mass is 19.1. The van der Waals surface area contributed by atoms with Gasteiger partial charge in [0.1, 0.15) is 5.82 Å². The Morgan fingerprint density at radius 3 is 2.25 bits per heavy atom.